The molecule has 0 saturated heterocycles. The molecule has 0 bridgehead atoms. The fraction of sp³-hybridized carbons (Fsp3) is 0.800. The molecular formula is C20H38IN5O. The second-order valence-electron chi connectivity index (χ2n) is 7.58. The van der Waals surface area contributed by atoms with Crippen LogP contribution in [-0.2, 0) is 11.3 Å². The van der Waals surface area contributed by atoms with Gasteiger partial charge < -0.3 is 15.4 Å². The minimum absolute atomic E-state index is 0. The van der Waals surface area contributed by atoms with Gasteiger partial charge in [0.25, 0.3) is 0 Å². The molecule has 1 aromatic heterocycles. The minimum atomic E-state index is 0. The quantitative estimate of drug-likeness (QED) is 0.240. The molecule has 27 heavy (non-hydrogen) atoms. The van der Waals surface area contributed by atoms with Gasteiger partial charge in [0, 0.05) is 39.0 Å². The van der Waals surface area contributed by atoms with E-state index in [-0.39, 0.29) is 24.0 Å². The molecule has 1 atom stereocenters. The van der Waals surface area contributed by atoms with Crippen LogP contribution in [0.15, 0.2) is 11.1 Å². The van der Waals surface area contributed by atoms with Crippen molar-refractivity contribution in [3.8, 4) is 0 Å². The maximum atomic E-state index is 5.97. The predicted molar refractivity (Wildman–Crippen MR) is 123 cm³/mol. The van der Waals surface area contributed by atoms with Crippen molar-refractivity contribution in [2.45, 2.75) is 71.9 Å². The van der Waals surface area contributed by atoms with Gasteiger partial charge in [0.2, 0.25) is 0 Å². The van der Waals surface area contributed by atoms with Crippen LogP contribution in [0.4, 0.5) is 0 Å². The first-order valence-corrected chi connectivity index (χ1v) is 10.2. The molecular weight excluding hydrogens is 453 g/mol. The standard InChI is InChI=1S/C20H37N5O.HI/c1-16(15-25-18(3)13-17(2)24-25)14-23-20(21-4)22-11-8-12-26-19-9-6-5-7-10-19;/h13,16,19H,5-12,14-15H2,1-4H3,(H2,21,22,23);1H. The van der Waals surface area contributed by atoms with Crippen molar-refractivity contribution < 1.29 is 4.74 Å². The Morgan fingerprint density at radius 2 is 2.04 bits per heavy atom. The Hall–Kier alpha value is -0.830. The lowest BCUT2D eigenvalue weighted by atomic mass is 9.98. The summed E-state index contributed by atoms with van der Waals surface area (Å²) in [6, 6.07) is 2.12. The largest absolute Gasteiger partial charge is 0.378 e. The summed E-state index contributed by atoms with van der Waals surface area (Å²) < 4.78 is 8.05. The van der Waals surface area contributed by atoms with E-state index in [0.717, 1.165) is 44.3 Å². The topological polar surface area (TPSA) is 63.5 Å². The van der Waals surface area contributed by atoms with Crippen LogP contribution in [0.25, 0.3) is 0 Å². The lowest BCUT2D eigenvalue weighted by Crippen LogP contribution is -2.40. The lowest BCUT2D eigenvalue weighted by Gasteiger charge is -2.22. The molecule has 1 saturated carbocycles. The monoisotopic (exact) mass is 491 g/mol. The van der Waals surface area contributed by atoms with Gasteiger partial charge in [-0.3, -0.25) is 9.67 Å². The van der Waals surface area contributed by atoms with E-state index >= 15 is 0 Å². The number of hydrogen-bond donors (Lipinski definition) is 2. The predicted octanol–water partition coefficient (Wildman–Crippen LogP) is 3.66. The number of aryl methyl sites for hydroxylation is 2. The highest BCUT2D eigenvalue weighted by Crippen LogP contribution is 2.20. The van der Waals surface area contributed by atoms with E-state index in [1.54, 1.807) is 0 Å². The Labute approximate surface area is 181 Å². The van der Waals surface area contributed by atoms with Crippen LogP contribution in [0.1, 0.15) is 56.8 Å². The summed E-state index contributed by atoms with van der Waals surface area (Å²) in [5.41, 5.74) is 2.30. The van der Waals surface area contributed by atoms with E-state index in [4.69, 9.17) is 4.74 Å². The van der Waals surface area contributed by atoms with Crippen LogP contribution in [0.3, 0.4) is 0 Å². The molecule has 7 heteroatoms. The van der Waals surface area contributed by atoms with Gasteiger partial charge in [-0.15, -0.1) is 24.0 Å². The van der Waals surface area contributed by atoms with E-state index in [9.17, 15) is 0 Å². The molecule has 1 unspecified atom stereocenters. The summed E-state index contributed by atoms with van der Waals surface area (Å²) in [7, 11) is 1.82. The summed E-state index contributed by atoms with van der Waals surface area (Å²) in [5, 5.41) is 11.3. The van der Waals surface area contributed by atoms with Crippen molar-refractivity contribution in [1.29, 1.82) is 0 Å². The van der Waals surface area contributed by atoms with Crippen LogP contribution in [0.2, 0.25) is 0 Å². The highest BCUT2D eigenvalue weighted by Gasteiger charge is 2.13. The number of hydrogen-bond acceptors (Lipinski definition) is 3. The fourth-order valence-electron chi connectivity index (χ4n) is 3.47. The second kappa shape index (κ2) is 13.4. The summed E-state index contributed by atoms with van der Waals surface area (Å²) in [5.74, 6) is 1.34. The van der Waals surface area contributed by atoms with E-state index < -0.39 is 0 Å². The number of nitrogens with one attached hydrogen (secondary N) is 2. The van der Waals surface area contributed by atoms with Gasteiger partial charge in [0.05, 0.1) is 11.8 Å². The summed E-state index contributed by atoms with van der Waals surface area (Å²) >= 11 is 0. The zero-order valence-electron chi connectivity index (χ0n) is 17.5. The number of ether oxygens (including phenoxy) is 1. The average molecular weight is 491 g/mol. The Morgan fingerprint density at radius 1 is 1.30 bits per heavy atom. The second-order valence-corrected chi connectivity index (χ2v) is 7.58. The summed E-state index contributed by atoms with van der Waals surface area (Å²) in [6.07, 6.45) is 8.02. The van der Waals surface area contributed by atoms with E-state index in [0.29, 0.717) is 12.0 Å². The van der Waals surface area contributed by atoms with Crippen LogP contribution in [-0.4, -0.2) is 48.6 Å². The molecule has 6 nitrogen and oxygen atoms in total. The average Bonchev–Trinajstić information content (AvgIpc) is 2.95. The third kappa shape index (κ3) is 9.27. The van der Waals surface area contributed by atoms with Crippen LogP contribution in [0, 0.1) is 19.8 Å². The first kappa shape index (κ1) is 24.2. The Bertz CT molecular complexity index is 555. The Morgan fingerprint density at radius 3 is 2.67 bits per heavy atom. The molecule has 1 aliphatic carbocycles. The molecule has 2 rings (SSSR count). The van der Waals surface area contributed by atoms with Crippen molar-refractivity contribution in [2.75, 3.05) is 26.7 Å². The van der Waals surface area contributed by atoms with E-state index in [1.165, 1.54) is 37.8 Å². The van der Waals surface area contributed by atoms with Crippen molar-refractivity contribution >= 4 is 29.9 Å². The van der Waals surface area contributed by atoms with Crippen LogP contribution < -0.4 is 10.6 Å². The third-order valence-electron chi connectivity index (χ3n) is 4.95. The van der Waals surface area contributed by atoms with Gasteiger partial charge in [0.15, 0.2) is 5.96 Å². The zero-order valence-corrected chi connectivity index (χ0v) is 19.8. The smallest absolute Gasteiger partial charge is 0.190 e. The van der Waals surface area contributed by atoms with Crippen LogP contribution in [0.5, 0.6) is 0 Å². The number of rotatable bonds is 9. The lowest BCUT2D eigenvalue weighted by molar-refractivity contribution is 0.0277. The van der Waals surface area contributed by atoms with Gasteiger partial charge in [-0.25, -0.2) is 0 Å². The van der Waals surface area contributed by atoms with Crippen molar-refractivity contribution in [3.05, 3.63) is 17.5 Å². The molecule has 0 amide bonds. The molecule has 2 N–H and O–H groups in total. The number of guanidine groups is 1. The molecule has 0 aromatic carbocycles. The first-order chi connectivity index (χ1) is 12.6. The maximum Gasteiger partial charge on any atom is 0.190 e. The minimum Gasteiger partial charge on any atom is -0.378 e. The molecule has 0 radical (unpaired) electrons. The van der Waals surface area contributed by atoms with E-state index in [1.807, 2.05) is 14.0 Å². The third-order valence-corrected chi connectivity index (χ3v) is 4.95. The summed E-state index contributed by atoms with van der Waals surface area (Å²) in [4.78, 5) is 4.31. The SMILES string of the molecule is CN=C(NCCCOC1CCCCC1)NCC(C)Cn1nc(C)cc1C.I. The van der Waals surface area contributed by atoms with Gasteiger partial charge in [-0.05, 0) is 45.1 Å². The molecule has 1 heterocycles. The molecule has 0 spiro atoms. The van der Waals surface area contributed by atoms with Crippen molar-refractivity contribution in [2.24, 2.45) is 10.9 Å². The van der Waals surface area contributed by atoms with E-state index in [2.05, 4.69) is 45.3 Å². The molecule has 1 aliphatic rings. The molecule has 1 aromatic rings. The Kier molecular flexibility index (Phi) is 12.0. The maximum absolute atomic E-state index is 5.97. The fourth-order valence-corrected chi connectivity index (χ4v) is 3.47. The number of halogens is 1. The van der Waals surface area contributed by atoms with Gasteiger partial charge in [0.1, 0.15) is 0 Å². The highest BCUT2D eigenvalue weighted by molar-refractivity contribution is 14.0. The molecule has 1 fully saturated rings. The van der Waals surface area contributed by atoms with Crippen LogP contribution >= 0.6 is 24.0 Å². The molecule has 156 valence electrons. The highest BCUT2D eigenvalue weighted by atomic mass is 127. The number of nitrogens with zero attached hydrogens (tertiary/aromatic N) is 3. The number of aromatic nitrogens is 2. The van der Waals surface area contributed by atoms with Crippen molar-refractivity contribution in [1.82, 2.24) is 20.4 Å². The normalized spacial score (nSPS) is 16.7. The molecule has 0 aliphatic heterocycles. The van der Waals surface area contributed by atoms with Gasteiger partial charge >= 0.3 is 0 Å². The first-order valence-electron chi connectivity index (χ1n) is 10.2. The van der Waals surface area contributed by atoms with Gasteiger partial charge in [-0.1, -0.05) is 26.2 Å². The van der Waals surface area contributed by atoms with Gasteiger partial charge in [-0.2, -0.15) is 5.10 Å². The number of aliphatic imine (C=N–C) groups is 1. The van der Waals surface area contributed by atoms with Crippen molar-refractivity contribution in [3.63, 3.8) is 0 Å². The Balaban J connectivity index is 0.00000364. The summed E-state index contributed by atoms with van der Waals surface area (Å²) in [6.45, 7) is 9.89. The zero-order chi connectivity index (χ0) is 18.8.